The molecule has 1 aromatic carbocycles. The third-order valence-corrected chi connectivity index (χ3v) is 6.19. The van der Waals surface area contributed by atoms with Gasteiger partial charge < -0.3 is 10.0 Å². The Morgan fingerprint density at radius 3 is 2.39 bits per heavy atom. The van der Waals surface area contributed by atoms with Gasteiger partial charge in [-0.3, -0.25) is 0 Å². The minimum absolute atomic E-state index is 0.183. The molecule has 0 radical (unpaired) electrons. The van der Waals surface area contributed by atoms with Gasteiger partial charge in [-0.1, -0.05) is 31.4 Å². The number of aromatic carboxylic acids is 1. The van der Waals surface area contributed by atoms with E-state index in [2.05, 4.69) is 9.62 Å². The van der Waals surface area contributed by atoms with Gasteiger partial charge in [0.15, 0.2) is 0 Å². The van der Waals surface area contributed by atoms with Crippen LogP contribution in [0.15, 0.2) is 29.2 Å². The van der Waals surface area contributed by atoms with Crippen molar-refractivity contribution in [2.24, 2.45) is 0 Å². The van der Waals surface area contributed by atoms with Crippen LogP contribution in [0, 0.1) is 0 Å². The molecule has 0 aliphatic heterocycles. The molecule has 7 heteroatoms. The van der Waals surface area contributed by atoms with Crippen molar-refractivity contribution in [1.29, 1.82) is 0 Å². The molecule has 1 aliphatic carbocycles. The molecule has 0 amide bonds. The van der Waals surface area contributed by atoms with Gasteiger partial charge >= 0.3 is 5.97 Å². The van der Waals surface area contributed by atoms with Crippen LogP contribution in [-0.4, -0.2) is 50.6 Å². The van der Waals surface area contributed by atoms with E-state index in [0.717, 1.165) is 25.7 Å². The molecule has 0 spiro atoms. The van der Waals surface area contributed by atoms with Crippen LogP contribution < -0.4 is 4.72 Å². The summed E-state index contributed by atoms with van der Waals surface area (Å²) in [5.41, 5.74) is -0.411. The van der Waals surface area contributed by atoms with Gasteiger partial charge in [0.05, 0.1) is 10.5 Å². The molecule has 0 bridgehead atoms. The Kier molecular flexibility index (Phi) is 5.44. The monoisotopic (exact) mass is 340 g/mol. The second-order valence-electron chi connectivity index (χ2n) is 6.31. The summed E-state index contributed by atoms with van der Waals surface area (Å²) in [6.45, 7) is 0.288. The largest absolute Gasteiger partial charge is 0.478 e. The van der Waals surface area contributed by atoms with Gasteiger partial charge in [0.25, 0.3) is 0 Å². The van der Waals surface area contributed by atoms with E-state index < -0.39 is 16.0 Å². The topological polar surface area (TPSA) is 86.7 Å². The smallest absolute Gasteiger partial charge is 0.337 e. The molecular weight excluding hydrogens is 316 g/mol. The third kappa shape index (κ3) is 3.91. The van der Waals surface area contributed by atoms with E-state index in [4.69, 9.17) is 0 Å². The number of likely N-dealkylation sites (N-methyl/N-ethyl adjacent to an activating group) is 1. The minimum atomic E-state index is -3.86. The third-order valence-electron chi connectivity index (χ3n) is 4.73. The first-order valence-electron chi connectivity index (χ1n) is 7.78. The van der Waals surface area contributed by atoms with E-state index >= 15 is 0 Å². The molecule has 1 aromatic rings. The Balaban J connectivity index is 2.23. The Morgan fingerprint density at radius 2 is 1.83 bits per heavy atom. The van der Waals surface area contributed by atoms with E-state index in [1.54, 1.807) is 0 Å². The highest BCUT2D eigenvalue weighted by Gasteiger charge is 2.35. The number of carboxylic acids is 1. The van der Waals surface area contributed by atoms with Crippen molar-refractivity contribution in [2.45, 2.75) is 42.5 Å². The molecule has 0 aromatic heterocycles. The van der Waals surface area contributed by atoms with Gasteiger partial charge in [-0.05, 0) is 39.1 Å². The minimum Gasteiger partial charge on any atom is -0.478 e. The molecule has 0 saturated heterocycles. The Bertz CT molecular complexity index is 664. The maximum atomic E-state index is 12.6. The van der Waals surface area contributed by atoms with Crippen molar-refractivity contribution in [3.05, 3.63) is 29.8 Å². The van der Waals surface area contributed by atoms with Gasteiger partial charge in [0.2, 0.25) is 10.0 Å². The highest BCUT2D eigenvalue weighted by Crippen LogP contribution is 2.32. The van der Waals surface area contributed by atoms with E-state index in [9.17, 15) is 18.3 Å². The predicted molar refractivity (Wildman–Crippen MR) is 88.1 cm³/mol. The van der Waals surface area contributed by atoms with Crippen molar-refractivity contribution in [2.75, 3.05) is 20.6 Å². The first-order chi connectivity index (χ1) is 10.8. The first kappa shape index (κ1) is 17.9. The lowest BCUT2D eigenvalue weighted by atomic mass is 9.81. The van der Waals surface area contributed by atoms with Crippen molar-refractivity contribution in [3.63, 3.8) is 0 Å². The molecule has 0 unspecified atom stereocenters. The SMILES string of the molecule is CN(C)C1(CNS(=O)(=O)c2ccccc2C(=O)O)CCCCC1. The normalized spacial score (nSPS) is 18.0. The summed E-state index contributed by atoms with van der Waals surface area (Å²) >= 11 is 0. The van der Waals surface area contributed by atoms with E-state index in [1.165, 1.54) is 30.7 Å². The summed E-state index contributed by atoms with van der Waals surface area (Å²) in [7, 11) is 0.0617. The molecule has 1 aliphatic rings. The highest BCUT2D eigenvalue weighted by atomic mass is 32.2. The number of carboxylic acid groups (broad SMARTS) is 1. The molecule has 1 fully saturated rings. The summed E-state index contributed by atoms with van der Waals surface area (Å²) in [4.78, 5) is 13.1. The van der Waals surface area contributed by atoms with Crippen LogP contribution in [0.1, 0.15) is 42.5 Å². The van der Waals surface area contributed by atoms with Crippen molar-refractivity contribution in [1.82, 2.24) is 9.62 Å². The second kappa shape index (κ2) is 6.98. The molecule has 6 nitrogen and oxygen atoms in total. The highest BCUT2D eigenvalue weighted by molar-refractivity contribution is 7.89. The number of benzene rings is 1. The van der Waals surface area contributed by atoms with Crippen LogP contribution in [0.25, 0.3) is 0 Å². The molecular formula is C16H24N2O4S. The lowest BCUT2D eigenvalue weighted by Crippen LogP contribution is -2.53. The van der Waals surface area contributed by atoms with Crippen LogP contribution in [0.2, 0.25) is 0 Å². The Labute approximate surface area is 137 Å². The van der Waals surface area contributed by atoms with E-state index in [1.807, 2.05) is 14.1 Å². The number of nitrogens with zero attached hydrogens (tertiary/aromatic N) is 1. The fourth-order valence-electron chi connectivity index (χ4n) is 3.18. The molecule has 0 heterocycles. The standard InChI is InChI=1S/C16H24N2O4S/c1-18(2)16(10-6-3-7-11-16)12-17-23(21,22)14-9-5-4-8-13(14)15(19)20/h4-5,8-9,17H,3,6-7,10-12H2,1-2H3,(H,19,20). The lowest BCUT2D eigenvalue weighted by Gasteiger charge is -2.43. The van der Waals surface area contributed by atoms with Gasteiger partial charge in [0.1, 0.15) is 0 Å². The quantitative estimate of drug-likeness (QED) is 0.826. The van der Waals surface area contributed by atoms with Gasteiger partial charge in [-0.15, -0.1) is 0 Å². The van der Waals surface area contributed by atoms with E-state index in [-0.39, 0.29) is 22.5 Å². The zero-order chi connectivity index (χ0) is 17.1. The van der Waals surface area contributed by atoms with Crippen LogP contribution in [0.5, 0.6) is 0 Å². The molecule has 128 valence electrons. The number of hydrogen-bond acceptors (Lipinski definition) is 4. The zero-order valence-corrected chi connectivity index (χ0v) is 14.4. The van der Waals surface area contributed by atoms with Gasteiger partial charge in [-0.25, -0.2) is 17.9 Å². The van der Waals surface area contributed by atoms with Crippen LogP contribution in [-0.2, 0) is 10.0 Å². The van der Waals surface area contributed by atoms with Crippen LogP contribution in [0.3, 0.4) is 0 Å². The molecule has 2 rings (SSSR count). The zero-order valence-electron chi connectivity index (χ0n) is 13.6. The van der Waals surface area contributed by atoms with Gasteiger partial charge in [0, 0.05) is 12.1 Å². The number of rotatable bonds is 6. The lowest BCUT2D eigenvalue weighted by molar-refractivity contribution is 0.0692. The summed E-state index contributed by atoms with van der Waals surface area (Å²) in [5, 5.41) is 9.18. The van der Waals surface area contributed by atoms with Crippen molar-refractivity contribution >= 4 is 16.0 Å². The average Bonchev–Trinajstić information content (AvgIpc) is 2.54. The summed E-state index contributed by atoms with van der Waals surface area (Å²) < 4.78 is 27.8. The van der Waals surface area contributed by atoms with Crippen LogP contribution >= 0.6 is 0 Å². The molecule has 0 atom stereocenters. The number of hydrogen-bond donors (Lipinski definition) is 2. The van der Waals surface area contributed by atoms with Crippen molar-refractivity contribution in [3.8, 4) is 0 Å². The fourth-order valence-corrected chi connectivity index (χ4v) is 4.49. The Morgan fingerprint density at radius 1 is 1.22 bits per heavy atom. The first-order valence-corrected chi connectivity index (χ1v) is 9.26. The summed E-state index contributed by atoms with van der Waals surface area (Å²) in [6, 6.07) is 5.68. The van der Waals surface area contributed by atoms with Gasteiger partial charge in [-0.2, -0.15) is 0 Å². The molecule has 2 N–H and O–H groups in total. The summed E-state index contributed by atoms with van der Waals surface area (Å²) in [5.74, 6) is -1.24. The average molecular weight is 340 g/mol. The van der Waals surface area contributed by atoms with E-state index in [0.29, 0.717) is 0 Å². The maximum Gasteiger partial charge on any atom is 0.337 e. The summed E-state index contributed by atoms with van der Waals surface area (Å²) in [6.07, 6.45) is 5.19. The fraction of sp³-hybridized carbons (Fsp3) is 0.562. The predicted octanol–water partition coefficient (Wildman–Crippen LogP) is 1.93. The number of sulfonamides is 1. The molecule has 1 saturated carbocycles. The number of nitrogens with one attached hydrogen (secondary N) is 1. The maximum absolute atomic E-state index is 12.6. The second-order valence-corrected chi connectivity index (χ2v) is 8.04. The van der Waals surface area contributed by atoms with Crippen LogP contribution in [0.4, 0.5) is 0 Å². The van der Waals surface area contributed by atoms with Crippen molar-refractivity contribution < 1.29 is 18.3 Å². The molecule has 23 heavy (non-hydrogen) atoms. The Hall–Kier alpha value is -1.44. The number of carbonyl (C=O) groups is 1.